The van der Waals surface area contributed by atoms with E-state index < -0.39 is 65.7 Å². The molecule has 7 rings (SSSR count). The summed E-state index contributed by atoms with van der Waals surface area (Å²) >= 11 is 0. The summed E-state index contributed by atoms with van der Waals surface area (Å²) in [5.41, 5.74) is 0.437. The van der Waals surface area contributed by atoms with Gasteiger partial charge in [-0.2, -0.15) is 0 Å². The van der Waals surface area contributed by atoms with Gasteiger partial charge in [-0.25, -0.2) is 9.59 Å². The van der Waals surface area contributed by atoms with E-state index in [1.807, 2.05) is 75.4 Å². The van der Waals surface area contributed by atoms with Crippen LogP contribution in [0.15, 0.2) is 84.6 Å². The fourth-order valence-corrected chi connectivity index (χ4v) is 9.53. The van der Waals surface area contributed by atoms with Gasteiger partial charge in [0.05, 0.1) is 11.7 Å². The molecule has 2 heterocycles. The maximum absolute atomic E-state index is 13.2. The van der Waals surface area contributed by atoms with Crippen molar-refractivity contribution in [1.82, 2.24) is 10.3 Å². The van der Waals surface area contributed by atoms with Crippen molar-refractivity contribution < 1.29 is 43.6 Å². The van der Waals surface area contributed by atoms with Gasteiger partial charge in [-0.1, -0.05) is 74.5 Å². The molecule has 2 aromatic carbocycles. The number of aromatic nitrogens is 1. The Bertz CT molecular complexity index is 1910. The van der Waals surface area contributed by atoms with E-state index in [2.05, 4.69) is 16.4 Å². The standard InChI is InChI=1S/C41H46N2O9/c1-21-19-22(2)41(49)27(14-16-29-32-33(34(29)41)35(45)23(3)37(32)52-39(47)30-13-8-18-42-30)15-17-31(44)51-36(21)24(4)50-40(48)38(46)43-20-26-11-7-10-25-9-5-6-12-28(25)26/h5-14,16,18-19,21,23-24,27,29,32-37,42,45,49H,15,17,20H2,1-4H3,(H,43,46)/b22-19+/t21-,23-,24-,27-,29?,32+,33?,34?,35-,36+,37-,41+/m1/s1. The van der Waals surface area contributed by atoms with Crippen LogP contribution in [0.3, 0.4) is 0 Å². The van der Waals surface area contributed by atoms with E-state index in [0.717, 1.165) is 16.3 Å². The lowest BCUT2D eigenvalue weighted by atomic mass is 9.46. The Hall–Kier alpha value is -4.74. The minimum absolute atomic E-state index is 0.000818. The number of aliphatic hydroxyl groups excluding tert-OH is 1. The first kappa shape index (κ1) is 35.7. The average molecular weight is 711 g/mol. The van der Waals surface area contributed by atoms with E-state index in [4.69, 9.17) is 14.2 Å². The lowest BCUT2D eigenvalue weighted by molar-refractivity contribution is -0.180. The molecule has 12 atom stereocenters. The van der Waals surface area contributed by atoms with Gasteiger partial charge in [0.1, 0.15) is 24.0 Å². The molecule has 52 heavy (non-hydrogen) atoms. The van der Waals surface area contributed by atoms with Crippen LogP contribution in [-0.4, -0.2) is 69.0 Å². The van der Waals surface area contributed by atoms with Crippen molar-refractivity contribution in [3.63, 3.8) is 0 Å². The zero-order valence-electron chi connectivity index (χ0n) is 29.7. The number of esters is 3. The molecule has 0 spiro atoms. The van der Waals surface area contributed by atoms with Crippen LogP contribution in [-0.2, 0) is 35.1 Å². The van der Waals surface area contributed by atoms with Gasteiger partial charge in [-0.15, -0.1) is 0 Å². The van der Waals surface area contributed by atoms with Crippen molar-refractivity contribution in [1.29, 1.82) is 0 Å². The number of allylic oxidation sites excluding steroid dienone is 1. The Labute approximate surface area is 302 Å². The third-order valence-corrected chi connectivity index (χ3v) is 12.1. The third kappa shape index (κ3) is 6.13. The van der Waals surface area contributed by atoms with Gasteiger partial charge in [0.2, 0.25) is 0 Å². The Kier molecular flexibility index (Phi) is 9.60. The number of aliphatic hydroxyl groups is 2. The minimum Gasteiger partial charge on any atom is -0.458 e. The van der Waals surface area contributed by atoms with Crippen LogP contribution in [0, 0.1) is 41.4 Å². The first-order chi connectivity index (χ1) is 24.9. The van der Waals surface area contributed by atoms with E-state index in [0.29, 0.717) is 17.7 Å². The van der Waals surface area contributed by atoms with E-state index in [1.165, 1.54) is 0 Å². The number of hydrogen-bond donors (Lipinski definition) is 4. The highest BCUT2D eigenvalue weighted by atomic mass is 16.6. The Morgan fingerprint density at radius 2 is 1.83 bits per heavy atom. The Balaban J connectivity index is 1.07. The van der Waals surface area contributed by atoms with E-state index in [1.54, 1.807) is 25.3 Å². The summed E-state index contributed by atoms with van der Waals surface area (Å²) in [6.45, 7) is 7.24. The van der Waals surface area contributed by atoms with Crippen LogP contribution in [0.4, 0.5) is 0 Å². The summed E-state index contributed by atoms with van der Waals surface area (Å²) in [7, 11) is 0. The van der Waals surface area contributed by atoms with Gasteiger partial charge < -0.3 is 34.7 Å². The highest BCUT2D eigenvalue weighted by molar-refractivity contribution is 6.32. The maximum atomic E-state index is 13.2. The SMILES string of the molecule is C/C1=C\[C@@H](C)[C@@H]([C@@H](C)OC(=O)C(=O)NCc2cccc3ccccc23)OC(=O)CC[C@H]2C=CC3C(C4[C@H]3[C@H](OC(=O)c3ccc[nH]3)[C@H](C)[C@H]4O)[C@]12O. The van der Waals surface area contributed by atoms with Crippen LogP contribution >= 0.6 is 0 Å². The molecule has 11 nitrogen and oxygen atoms in total. The van der Waals surface area contributed by atoms with Crippen LogP contribution < -0.4 is 5.32 Å². The summed E-state index contributed by atoms with van der Waals surface area (Å²) in [5.74, 6) is -5.36. The van der Waals surface area contributed by atoms with Gasteiger partial charge in [-0.3, -0.25) is 9.59 Å². The number of nitrogens with one attached hydrogen (secondary N) is 2. The molecule has 2 fully saturated rings. The molecule has 1 aromatic heterocycles. The van der Waals surface area contributed by atoms with Gasteiger partial charge >= 0.3 is 23.8 Å². The normalized spacial score (nSPS) is 35.3. The predicted molar refractivity (Wildman–Crippen MR) is 190 cm³/mol. The predicted octanol–water partition coefficient (Wildman–Crippen LogP) is 4.64. The number of H-pyrrole nitrogens is 1. The Morgan fingerprint density at radius 1 is 1.06 bits per heavy atom. The second-order valence-corrected chi connectivity index (χ2v) is 15.0. The number of fused-ring (bicyclic) bond motifs is 7. The molecule has 4 aliphatic rings. The molecule has 1 aliphatic heterocycles. The summed E-state index contributed by atoms with van der Waals surface area (Å²) in [4.78, 5) is 54.9. The molecule has 3 aromatic rings. The number of carbonyl (C=O) groups is 4. The van der Waals surface area contributed by atoms with Crippen LogP contribution in [0.2, 0.25) is 0 Å². The summed E-state index contributed by atoms with van der Waals surface area (Å²) in [6, 6.07) is 16.9. The van der Waals surface area contributed by atoms with Crippen LogP contribution in [0.5, 0.6) is 0 Å². The second-order valence-electron chi connectivity index (χ2n) is 15.0. The van der Waals surface area contributed by atoms with E-state index >= 15 is 0 Å². The van der Waals surface area contributed by atoms with Crippen molar-refractivity contribution in [2.75, 3.05) is 0 Å². The number of aromatic amines is 1. The molecule has 0 saturated heterocycles. The fourth-order valence-electron chi connectivity index (χ4n) is 9.53. The summed E-state index contributed by atoms with van der Waals surface area (Å²) in [6.07, 6.45) is 4.52. The fraction of sp³-hybridized carbons (Fsp3) is 0.463. The largest absolute Gasteiger partial charge is 0.458 e. The zero-order valence-corrected chi connectivity index (χ0v) is 29.7. The van der Waals surface area contributed by atoms with Gasteiger partial charge in [0.15, 0.2) is 0 Å². The number of cyclic esters (lactones) is 1. The number of rotatable bonds is 6. The number of ether oxygens (including phenoxy) is 3. The second kappa shape index (κ2) is 14.0. The number of amides is 1. The highest BCUT2D eigenvalue weighted by Gasteiger charge is 2.70. The molecular formula is C41H46N2O9. The molecule has 0 bridgehead atoms. The monoisotopic (exact) mass is 710 g/mol. The number of hydrogen-bond acceptors (Lipinski definition) is 9. The van der Waals surface area contributed by atoms with Crippen molar-refractivity contribution in [2.24, 2.45) is 41.4 Å². The Morgan fingerprint density at radius 3 is 2.60 bits per heavy atom. The molecule has 11 heteroatoms. The average Bonchev–Trinajstić information content (AvgIpc) is 3.73. The molecule has 2 saturated carbocycles. The quantitative estimate of drug-likeness (QED) is 0.124. The third-order valence-electron chi connectivity index (χ3n) is 12.1. The zero-order chi connectivity index (χ0) is 36.9. The van der Waals surface area contributed by atoms with Crippen molar-refractivity contribution in [3.8, 4) is 0 Å². The first-order valence-electron chi connectivity index (χ1n) is 18.2. The smallest absolute Gasteiger partial charge is 0.397 e. The van der Waals surface area contributed by atoms with E-state index in [-0.39, 0.29) is 42.6 Å². The minimum atomic E-state index is -1.41. The van der Waals surface area contributed by atoms with E-state index in [9.17, 15) is 29.4 Å². The van der Waals surface area contributed by atoms with Crippen molar-refractivity contribution in [2.45, 2.75) is 77.1 Å². The lowest BCUT2D eigenvalue weighted by Gasteiger charge is -2.61. The molecule has 274 valence electrons. The molecule has 3 unspecified atom stereocenters. The lowest BCUT2D eigenvalue weighted by Crippen LogP contribution is -2.64. The van der Waals surface area contributed by atoms with Crippen LogP contribution in [0.1, 0.15) is 56.6 Å². The highest BCUT2D eigenvalue weighted by Crippen LogP contribution is 2.66. The summed E-state index contributed by atoms with van der Waals surface area (Å²) in [5, 5.41) is 28.9. The van der Waals surface area contributed by atoms with Crippen molar-refractivity contribution >= 4 is 34.6 Å². The van der Waals surface area contributed by atoms with Crippen molar-refractivity contribution in [3.05, 3.63) is 95.9 Å². The van der Waals surface area contributed by atoms with Gasteiger partial charge in [-0.05, 0) is 66.1 Å². The molecule has 4 N–H and O–H groups in total. The molecular weight excluding hydrogens is 664 g/mol. The molecule has 0 radical (unpaired) electrons. The first-order valence-corrected chi connectivity index (χ1v) is 18.2. The molecule has 3 aliphatic carbocycles. The van der Waals surface area contributed by atoms with Gasteiger partial charge in [0.25, 0.3) is 0 Å². The number of benzene rings is 2. The molecule has 1 amide bonds. The number of carbonyl (C=O) groups excluding carboxylic acids is 4. The van der Waals surface area contributed by atoms with Crippen LogP contribution in [0.25, 0.3) is 10.8 Å². The van der Waals surface area contributed by atoms with Gasteiger partial charge in [0, 0.05) is 48.8 Å². The summed E-state index contributed by atoms with van der Waals surface area (Å²) < 4.78 is 17.4. The topological polar surface area (TPSA) is 164 Å². The maximum Gasteiger partial charge on any atom is 0.397 e.